The molecule has 32 heavy (non-hydrogen) atoms. The van der Waals surface area contributed by atoms with Crippen molar-refractivity contribution in [3.8, 4) is 11.5 Å². The number of aromatic nitrogens is 2. The molecule has 0 bridgehead atoms. The predicted octanol–water partition coefficient (Wildman–Crippen LogP) is 3.79. The second-order valence-electron chi connectivity index (χ2n) is 7.94. The number of fused-ring (bicyclic) bond motifs is 1. The summed E-state index contributed by atoms with van der Waals surface area (Å²) in [6.07, 6.45) is 6.75. The number of rotatable bonds is 6. The van der Waals surface area contributed by atoms with Gasteiger partial charge in [0.25, 0.3) is 0 Å². The number of hydrogen-bond donors (Lipinski definition) is 2. The third-order valence-electron chi connectivity index (χ3n) is 6.06. The highest BCUT2D eigenvalue weighted by atomic mass is 16.7. The zero-order valence-corrected chi connectivity index (χ0v) is 18.4. The second-order valence-corrected chi connectivity index (χ2v) is 7.94. The maximum absolute atomic E-state index is 13.0. The van der Waals surface area contributed by atoms with Gasteiger partial charge < -0.3 is 29.7 Å². The SMILES string of the molecule is CC[C@@H]1C(=O)N(C)c2cnc(Nc3ncc(OC(=O)O)cc3OC)cc2N1C1CCCC1. The number of anilines is 4. The molecule has 0 radical (unpaired) electrons. The van der Waals surface area contributed by atoms with Gasteiger partial charge in [-0.25, -0.2) is 14.8 Å². The summed E-state index contributed by atoms with van der Waals surface area (Å²) in [5.41, 5.74) is 1.75. The molecule has 2 N–H and O–H groups in total. The maximum atomic E-state index is 13.0. The van der Waals surface area contributed by atoms with E-state index >= 15 is 0 Å². The number of nitrogens with one attached hydrogen (secondary N) is 1. The van der Waals surface area contributed by atoms with E-state index in [0.717, 1.165) is 30.6 Å². The molecule has 1 atom stereocenters. The minimum absolute atomic E-state index is 0.0524. The number of ether oxygens (including phenoxy) is 2. The number of carbonyl (C=O) groups excluding carboxylic acids is 1. The van der Waals surface area contributed by atoms with Gasteiger partial charge in [0.05, 0.1) is 30.9 Å². The lowest BCUT2D eigenvalue weighted by molar-refractivity contribution is -0.120. The lowest BCUT2D eigenvalue weighted by atomic mass is 10.0. The Morgan fingerprint density at radius 2 is 1.97 bits per heavy atom. The van der Waals surface area contributed by atoms with E-state index in [1.54, 1.807) is 18.1 Å². The number of hydrogen-bond acceptors (Lipinski definition) is 8. The van der Waals surface area contributed by atoms with Gasteiger partial charge in [-0.05, 0) is 19.3 Å². The molecule has 0 saturated heterocycles. The largest absolute Gasteiger partial charge is 0.511 e. The van der Waals surface area contributed by atoms with Crippen molar-refractivity contribution in [2.45, 2.75) is 51.1 Å². The summed E-state index contributed by atoms with van der Waals surface area (Å²) in [6.45, 7) is 2.04. The first-order valence-electron chi connectivity index (χ1n) is 10.7. The number of carboxylic acid groups (broad SMARTS) is 1. The van der Waals surface area contributed by atoms with Gasteiger partial charge in [-0.3, -0.25) is 4.79 Å². The van der Waals surface area contributed by atoms with Crippen LogP contribution in [0.3, 0.4) is 0 Å². The fraction of sp³-hybridized carbons (Fsp3) is 0.455. The summed E-state index contributed by atoms with van der Waals surface area (Å²) in [4.78, 5) is 36.4. The zero-order valence-electron chi connectivity index (χ0n) is 18.4. The molecular weight excluding hydrogens is 414 g/mol. The van der Waals surface area contributed by atoms with E-state index in [1.807, 2.05) is 13.0 Å². The Hall–Kier alpha value is -3.56. The van der Waals surface area contributed by atoms with Gasteiger partial charge in [0.2, 0.25) is 5.91 Å². The van der Waals surface area contributed by atoms with Gasteiger partial charge in [0, 0.05) is 25.2 Å². The van der Waals surface area contributed by atoms with Crippen LogP contribution in [-0.4, -0.2) is 53.4 Å². The summed E-state index contributed by atoms with van der Waals surface area (Å²) in [5, 5.41) is 11.9. The minimum Gasteiger partial charge on any atom is -0.493 e. The molecule has 10 heteroatoms. The highest BCUT2D eigenvalue weighted by Gasteiger charge is 2.40. The fourth-order valence-electron chi connectivity index (χ4n) is 4.56. The van der Waals surface area contributed by atoms with Crippen LogP contribution in [-0.2, 0) is 4.79 Å². The summed E-state index contributed by atoms with van der Waals surface area (Å²) < 4.78 is 9.97. The van der Waals surface area contributed by atoms with E-state index in [2.05, 4.69) is 24.9 Å². The molecule has 0 aromatic carbocycles. The first-order valence-corrected chi connectivity index (χ1v) is 10.7. The normalized spacial score (nSPS) is 18.5. The molecular formula is C22H27N5O5. The van der Waals surface area contributed by atoms with Gasteiger partial charge in [-0.1, -0.05) is 19.8 Å². The molecule has 170 valence electrons. The molecule has 1 fully saturated rings. The maximum Gasteiger partial charge on any atom is 0.511 e. The molecule has 2 aliphatic rings. The molecule has 2 aromatic rings. The summed E-state index contributed by atoms with van der Waals surface area (Å²) in [7, 11) is 3.25. The molecule has 1 aliphatic heterocycles. The molecule has 1 amide bonds. The first kappa shape index (κ1) is 21.7. The Bertz CT molecular complexity index is 1020. The van der Waals surface area contributed by atoms with Crippen LogP contribution in [0.5, 0.6) is 11.5 Å². The number of pyridine rings is 2. The number of nitrogens with zero attached hydrogens (tertiary/aromatic N) is 4. The Balaban J connectivity index is 1.69. The van der Waals surface area contributed by atoms with Gasteiger partial charge in [0.1, 0.15) is 11.9 Å². The molecule has 0 unspecified atom stereocenters. The second kappa shape index (κ2) is 8.89. The van der Waals surface area contributed by atoms with Crippen molar-refractivity contribution in [3.05, 3.63) is 24.5 Å². The van der Waals surface area contributed by atoms with Crippen molar-refractivity contribution in [2.24, 2.45) is 0 Å². The van der Waals surface area contributed by atoms with Crippen molar-refractivity contribution < 1.29 is 24.2 Å². The topological polar surface area (TPSA) is 117 Å². The lowest BCUT2D eigenvalue weighted by Crippen LogP contribution is -2.55. The van der Waals surface area contributed by atoms with Crippen LogP contribution in [0.25, 0.3) is 0 Å². The fourth-order valence-corrected chi connectivity index (χ4v) is 4.56. The molecule has 2 aromatic heterocycles. The van der Waals surface area contributed by atoms with Crippen LogP contribution in [0, 0.1) is 0 Å². The Morgan fingerprint density at radius 1 is 1.22 bits per heavy atom. The van der Waals surface area contributed by atoms with E-state index in [-0.39, 0.29) is 17.7 Å². The van der Waals surface area contributed by atoms with E-state index in [9.17, 15) is 9.59 Å². The smallest absolute Gasteiger partial charge is 0.493 e. The van der Waals surface area contributed by atoms with Gasteiger partial charge in [-0.15, -0.1) is 0 Å². The van der Waals surface area contributed by atoms with E-state index < -0.39 is 6.16 Å². The van der Waals surface area contributed by atoms with Crippen LogP contribution < -0.4 is 24.6 Å². The molecule has 10 nitrogen and oxygen atoms in total. The molecule has 4 rings (SSSR count). The number of amides is 1. The summed E-state index contributed by atoms with van der Waals surface area (Å²) in [6, 6.07) is 3.49. The van der Waals surface area contributed by atoms with Crippen LogP contribution >= 0.6 is 0 Å². The van der Waals surface area contributed by atoms with Crippen molar-refractivity contribution >= 4 is 35.1 Å². The van der Waals surface area contributed by atoms with Crippen molar-refractivity contribution in [1.82, 2.24) is 9.97 Å². The highest BCUT2D eigenvalue weighted by molar-refractivity contribution is 6.05. The summed E-state index contributed by atoms with van der Waals surface area (Å²) >= 11 is 0. The van der Waals surface area contributed by atoms with E-state index in [4.69, 9.17) is 9.84 Å². The Kier molecular flexibility index (Phi) is 6.02. The number of methoxy groups -OCH3 is 1. The monoisotopic (exact) mass is 441 g/mol. The first-order chi connectivity index (χ1) is 15.4. The zero-order chi connectivity index (χ0) is 22.8. The van der Waals surface area contributed by atoms with E-state index in [0.29, 0.717) is 23.4 Å². The van der Waals surface area contributed by atoms with Crippen LogP contribution in [0.4, 0.5) is 27.8 Å². The van der Waals surface area contributed by atoms with Crippen LogP contribution in [0.15, 0.2) is 24.5 Å². The van der Waals surface area contributed by atoms with E-state index in [1.165, 1.54) is 32.2 Å². The number of likely N-dealkylation sites (N-methyl/N-ethyl adjacent to an activating group) is 1. The van der Waals surface area contributed by atoms with Gasteiger partial charge in [-0.2, -0.15) is 0 Å². The molecule has 1 aliphatic carbocycles. The summed E-state index contributed by atoms with van der Waals surface area (Å²) in [5.74, 6) is 1.37. The molecule has 3 heterocycles. The lowest BCUT2D eigenvalue weighted by Gasteiger charge is -2.44. The van der Waals surface area contributed by atoms with Gasteiger partial charge >= 0.3 is 6.16 Å². The number of carbonyl (C=O) groups is 2. The average molecular weight is 441 g/mol. The van der Waals surface area contributed by atoms with Crippen LogP contribution in [0.2, 0.25) is 0 Å². The third kappa shape index (κ3) is 4.00. The predicted molar refractivity (Wildman–Crippen MR) is 119 cm³/mol. The standard InChI is InChI=1S/C22H27N5O5/c1-4-15-21(28)26(2)17-12-23-19(10-16(17)27(15)13-7-5-6-8-13)25-20-18(31-3)9-14(11-24-20)32-22(29)30/h9-13,15H,4-8H2,1-3H3,(H,29,30)(H,23,24,25)/t15-/m1/s1. The van der Waals surface area contributed by atoms with Crippen LogP contribution in [0.1, 0.15) is 39.0 Å². The van der Waals surface area contributed by atoms with Crippen molar-refractivity contribution in [3.63, 3.8) is 0 Å². The Morgan fingerprint density at radius 3 is 2.62 bits per heavy atom. The molecule has 0 spiro atoms. The minimum atomic E-state index is -1.43. The van der Waals surface area contributed by atoms with Crippen molar-refractivity contribution in [1.29, 1.82) is 0 Å². The Labute approximate surface area is 186 Å². The third-order valence-corrected chi connectivity index (χ3v) is 6.06. The van der Waals surface area contributed by atoms with Crippen molar-refractivity contribution in [2.75, 3.05) is 29.3 Å². The highest BCUT2D eigenvalue weighted by Crippen LogP contribution is 2.42. The van der Waals surface area contributed by atoms with Gasteiger partial charge in [0.15, 0.2) is 17.3 Å². The average Bonchev–Trinajstić information content (AvgIpc) is 3.31. The quantitative estimate of drug-likeness (QED) is 0.646. The molecule has 1 saturated carbocycles.